The van der Waals surface area contributed by atoms with E-state index in [1.807, 2.05) is 74.7 Å². The summed E-state index contributed by atoms with van der Waals surface area (Å²) in [5.74, 6) is 1.31. The Morgan fingerprint density at radius 3 is 1.83 bits per heavy atom. The van der Waals surface area contributed by atoms with Gasteiger partial charge in [0.05, 0.1) is 25.3 Å². The van der Waals surface area contributed by atoms with Crippen molar-refractivity contribution in [2.75, 3.05) is 19.5 Å². The zero-order chi connectivity index (χ0) is 21.0. The van der Waals surface area contributed by atoms with Gasteiger partial charge in [0.1, 0.15) is 11.5 Å². The summed E-state index contributed by atoms with van der Waals surface area (Å²) in [6.07, 6.45) is 0. The Morgan fingerprint density at radius 1 is 0.966 bits per heavy atom. The first-order valence-corrected chi connectivity index (χ1v) is 10.2. The predicted octanol–water partition coefficient (Wildman–Crippen LogP) is 5.27. The van der Waals surface area contributed by atoms with Crippen molar-refractivity contribution in [1.29, 1.82) is 0 Å². The van der Waals surface area contributed by atoms with E-state index in [-0.39, 0.29) is 11.8 Å². The van der Waals surface area contributed by atoms with Gasteiger partial charge in [-0.3, -0.25) is 4.79 Å². The number of hydrogen-bond acceptors (Lipinski definition) is 5. The number of aryl methyl sites for hydroxylation is 1. The summed E-state index contributed by atoms with van der Waals surface area (Å²) in [7, 11) is 3.28. The molecule has 3 rings (SSSR count). The monoisotopic (exact) mass is 410 g/mol. The van der Waals surface area contributed by atoms with Crippen LogP contribution in [0.4, 0.5) is 5.13 Å². The highest BCUT2D eigenvalue weighted by atomic mass is 32.1. The molecule has 0 atom stereocenters. The van der Waals surface area contributed by atoms with Crippen molar-refractivity contribution in [3.8, 4) is 11.5 Å². The molecule has 0 unspecified atom stereocenters. The third-order valence-electron chi connectivity index (χ3n) is 5.04. The number of carbonyl (C=O) groups excluding carboxylic acids is 1. The van der Waals surface area contributed by atoms with Crippen LogP contribution in [0.25, 0.3) is 0 Å². The Labute approximate surface area is 175 Å². The van der Waals surface area contributed by atoms with Gasteiger partial charge in [0.2, 0.25) is 5.91 Å². The number of aromatic nitrogens is 1. The van der Waals surface area contributed by atoms with Crippen LogP contribution in [-0.2, 0) is 4.79 Å². The third kappa shape index (κ3) is 4.59. The molecule has 3 aromatic rings. The molecule has 1 aromatic heterocycles. The second-order valence-corrected chi connectivity index (χ2v) is 8.31. The molecule has 0 spiro atoms. The van der Waals surface area contributed by atoms with E-state index in [2.05, 4.69) is 10.3 Å². The van der Waals surface area contributed by atoms with E-state index in [0.29, 0.717) is 5.13 Å². The van der Waals surface area contributed by atoms with Crippen LogP contribution in [0.5, 0.6) is 11.5 Å². The number of carbonyl (C=O) groups is 1. The van der Waals surface area contributed by atoms with Crippen molar-refractivity contribution in [2.24, 2.45) is 5.41 Å². The SMILES string of the molecule is COc1ccc(C(c2ccc(OC)cc2)C(C)(C)C(=O)Nc2nc(C)cs2)cc1. The number of nitrogens with zero attached hydrogens (tertiary/aromatic N) is 1. The number of amides is 1. The lowest BCUT2D eigenvalue weighted by atomic mass is 9.70. The minimum atomic E-state index is -0.733. The lowest BCUT2D eigenvalue weighted by Crippen LogP contribution is -2.37. The van der Waals surface area contributed by atoms with Crippen LogP contribution in [0.15, 0.2) is 53.9 Å². The second kappa shape index (κ2) is 8.66. The van der Waals surface area contributed by atoms with E-state index in [4.69, 9.17) is 9.47 Å². The number of anilines is 1. The average Bonchev–Trinajstić information content (AvgIpc) is 3.13. The molecule has 0 radical (unpaired) electrons. The summed E-state index contributed by atoms with van der Waals surface area (Å²) < 4.78 is 10.6. The molecule has 1 N–H and O–H groups in total. The van der Waals surface area contributed by atoms with E-state index < -0.39 is 5.41 Å². The van der Waals surface area contributed by atoms with E-state index in [1.54, 1.807) is 14.2 Å². The maximum absolute atomic E-state index is 13.3. The van der Waals surface area contributed by atoms with Gasteiger partial charge in [-0.2, -0.15) is 0 Å². The summed E-state index contributed by atoms with van der Waals surface area (Å²) in [5, 5.41) is 5.53. The van der Waals surface area contributed by atoms with Crippen LogP contribution in [0.2, 0.25) is 0 Å². The van der Waals surface area contributed by atoms with Gasteiger partial charge < -0.3 is 14.8 Å². The first-order valence-electron chi connectivity index (χ1n) is 9.36. The van der Waals surface area contributed by atoms with Gasteiger partial charge in [-0.15, -0.1) is 11.3 Å². The summed E-state index contributed by atoms with van der Waals surface area (Å²) in [5.41, 5.74) is 2.23. The van der Waals surface area contributed by atoms with Crippen molar-refractivity contribution in [2.45, 2.75) is 26.7 Å². The Kier molecular flexibility index (Phi) is 6.23. The molecule has 29 heavy (non-hydrogen) atoms. The Hall–Kier alpha value is -2.86. The smallest absolute Gasteiger partial charge is 0.232 e. The van der Waals surface area contributed by atoms with Gasteiger partial charge in [-0.1, -0.05) is 38.1 Å². The number of methoxy groups -OCH3 is 2. The fourth-order valence-corrected chi connectivity index (χ4v) is 4.10. The molecule has 0 aliphatic carbocycles. The molecule has 1 amide bonds. The molecule has 0 aliphatic heterocycles. The van der Waals surface area contributed by atoms with E-state index in [0.717, 1.165) is 28.3 Å². The van der Waals surface area contributed by atoms with Gasteiger partial charge in [0.15, 0.2) is 5.13 Å². The molecule has 5 nitrogen and oxygen atoms in total. The van der Waals surface area contributed by atoms with Gasteiger partial charge in [0, 0.05) is 11.3 Å². The fourth-order valence-electron chi connectivity index (χ4n) is 3.42. The summed E-state index contributed by atoms with van der Waals surface area (Å²) in [6, 6.07) is 15.7. The number of ether oxygens (including phenoxy) is 2. The van der Waals surface area contributed by atoms with Crippen LogP contribution in [0.3, 0.4) is 0 Å². The van der Waals surface area contributed by atoms with Crippen LogP contribution in [-0.4, -0.2) is 25.1 Å². The van der Waals surface area contributed by atoms with Crippen LogP contribution >= 0.6 is 11.3 Å². The number of nitrogens with one attached hydrogen (secondary N) is 1. The maximum atomic E-state index is 13.3. The molecule has 1 heterocycles. The molecule has 0 saturated heterocycles. The lowest BCUT2D eigenvalue weighted by Gasteiger charge is -2.34. The standard InChI is InChI=1S/C23H26N2O3S/c1-15-14-29-22(24-15)25-21(26)23(2,3)20(16-6-10-18(27-4)11-7-16)17-8-12-19(28-5)13-9-17/h6-14,20H,1-5H3,(H,24,25,26). The quantitative estimate of drug-likeness (QED) is 0.577. The van der Waals surface area contributed by atoms with Crippen molar-refractivity contribution in [3.05, 3.63) is 70.7 Å². The zero-order valence-electron chi connectivity index (χ0n) is 17.4. The molecule has 0 fully saturated rings. The second-order valence-electron chi connectivity index (χ2n) is 7.45. The summed E-state index contributed by atoms with van der Waals surface area (Å²) in [6.45, 7) is 5.83. The van der Waals surface area contributed by atoms with Crippen LogP contribution < -0.4 is 14.8 Å². The largest absolute Gasteiger partial charge is 0.497 e. The fraction of sp³-hybridized carbons (Fsp3) is 0.304. The van der Waals surface area contributed by atoms with Crippen molar-refractivity contribution in [1.82, 2.24) is 4.98 Å². The Morgan fingerprint density at radius 2 is 1.45 bits per heavy atom. The summed E-state index contributed by atoms with van der Waals surface area (Å²) >= 11 is 1.43. The van der Waals surface area contributed by atoms with Gasteiger partial charge in [-0.25, -0.2) is 4.98 Å². The van der Waals surface area contributed by atoms with Crippen LogP contribution in [0, 0.1) is 12.3 Å². The molecule has 0 bridgehead atoms. The minimum Gasteiger partial charge on any atom is -0.497 e. The van der Waals surface area contributed by atoms with E-state index >= 15 is 0 Å². The third-order valence-corrected chi connectivity index (χ3v) is 5.92. The Bertz CT molecular complexity index is 915. The highest BCUT2D eigenvalue weighted by Gasteiger charge is 2.39. The number of thiazole rings is 1. The number of hydrogen-bond donors (Lipinski definition) is 1. The highest BCUT2D eigenvalue weighted by molar-refractivity contribution is 7.13. The minimum absolute atomic E-state index is 0.0801. The molecular formula is C23H26N2O3S. The molecule has 2 aromatic carbocycles. The molecule has 6 heteroatoms. The van der Waals surface area contributed by atoms with E-state index in [1.165, 1.54) is 11.3 Å². The van der Waals surface area contributed by atoms with Gasteiger partial charge >= 0.3 is 0 Å². The molecule has 0 saturated carbocycles. The molecule has 152 valence electrons. The summed E-state index contributed by atoms with van der Waals surface area (Å²) in [4.78, 5) is 17.7. The van der Waals surface area contributed by atoms with Gasteiger partial charge in [0.25, 0.3) is 0 Å². The molecule has 0 aliphatic rings. The molecular weight excluding hydrogens is 384 g/mol. The average molecular weight is 411 g/mol. The zero-order valence-corrected chi connectivity index (χ0v) is 18.2. The van der Waals surface area contributed by atoms with Crippen molar-refractivity contribution < 1.29 is 14.3 Å². The number of benzene rings is 2. The predicted molar refractivity (Wildman–Crippen MR) is 117 cm³/mol. The lowest BCUT2D eigenvalue weighted by molar-refractivity contribution is -0.124. The first kappa shape index (κ1) is 20.9. The number of rotatable bonds is 7. The Balaban J connectivity index is 2.00. The van der Waals surface area contributed by atoms with Crippen molar-refractivity contribution in [3.63, 3.8) is 0 Å². The maximum Gasteiger partial charge on any atom is 0.232 e. The normalized spacial score (nSPS) is 11.4. The van der Waals surface area contributed by atoms with Gasteiger partial charge in [-0.05, 0) is 42.3 Å². The highest BCUT2D eigenvalue weighted by Crippen LogP contribution is 2.42. The first-order chi connectivity index (χ1) is 13.8. The van der Waals surface area contributed by atoms with E-state index in [9.17, 15) is 4.79 Å². The van der Waals surface area contributed by atoms with Crippen molar-refractivity contribution >= 4 is 22.4 Å². The van der Waals surface area contributed by atoms with Crippen LogP contribution in [0.1, 0.15) is 36.6 Å². The topological polar surface area (TPSA) is 60.5 Å².